The first-order valence-electron chi connectivity index (χ1n) is 12.7. The number of Topliss-reactive ketones (excluding diaryl/α,β-unsaturated/α-hetero) is 1. The fourth-order valence-corrected chi connectivity index (χ4v) is 5.81. The smallest absolute Gasteiger partial charge is 0.387 e. The Morgan fingerprint density at radius 2 is 1.72 bits per heavy atom. The van der Waals surface area contributed by atoms with Gasteiger partial charge >= 0.3 is 11.9 Å². The maximum absolute atomic E-state index is 13.9. The van der Waals surface area contributed by atoms with Crippen molar-refractivity contribution in [3.8, 4) is 0 Å². The number of aromatic amines is 1. The van der Waals surface area contributed by atoms with Gasteiger partial charge in [0, 0.05) is 34.6 Å². The second kappa shape index (κ2) is 10.5. The number of ketones is 1. The van der Waals surface area contributed by atoms with Crippen LogP contribution >= 0.6 is 11.6 Å². The van der Waals surface area contributed by atoms with Crippen molar-refractivity contribution >= 4 is 45.9 Å². The van der Waals surface area contributed by atoms with Crippen LogP contribution in [0.5, 0.6) is 0 Å². The number of nitrogens with zero attached hydrogens (tertiary/aromatic N) is 1. The highest BCUT2D eigenvalue weighted by Gasteiger charge is 2.59. The first-order chi connectivity index (χ1) is 18.8. The quantitative estimate of drug-likeness (QED) is 0.101. The number of halogens is 1. The minimum absolute atomic E-state index is 0.000283. The Morgan fingerprint density at radius 3 is 2.41 bits per heavy atom. The lowest BCUT2D eigenvalue weighted by Gasteiger charge is -2.36. The lowest BCUT2D eigenvalue weighted by atomic mass is 9.93. The van der Waals surface area contributed by atoms with Gasteiger partial charge in [-0.3, -0.25) is 4.79 Å². The van der Waals surface area contributed by atoms with E-state index in [1.54, 1.807) is 48.5 Å². The van der Waals surface area contributed by atoms with Crippen molar-refractivity contribution in [1.29, 1.82) is 0 Å². The molecule has 0 saturated carbocycles. The Morgan fingerprint density at radius 1 is 1.03 bits per heavy atom. The number of rotatable bonds is 7. The highest BCUT2D eigenvalue weighted by atomic mass is 35.5. The number of likely N-dealkylation sites (tertiary alicyclic amines) is 1. The molecule has 7 nitrogen and oxygen atoms in total. The number of H-pyrrole nitrogens is 1. The number of nitrogens with one attached hydrogen (secondary N) is 1. The van der Waals surface area contributed by atoms with Crippen LogP contribution in [0.4, 0.5) is 0 Å². The number of para-hydroxylation sites is 1. The summed E-state index contributed by atoms with van der Waals surface area (Å²) in [4.78, 5) is 42.9. The van der Waals surface area contributed by atoms with Crippen LogP contribution in [-0.2, 0) is 20.7 Å². The summed E-state index contributed by atoms with van der Waals surface area (Å²) in [7, 11) is 1.30. The van der Waals surface area contributed by atoms with Crippen molar-refractivity contribution in [2.75, 3.05) is 20.2 Å². The monoisotopic (exact) mass is 543 g/mol. The third kappa shape index (κ3) is 4.43. The number of benzene rings is 3. The predicted octanol–water partition coefficient (Wildman–Crippen LogP) is 5.81. The standard InChI is InChI=1S/C31H27ClN2O5/c1-3-34(17-16-21-18-33-25-11-7-5-8-22(21)25)27(19-12-14-20(15-13-19)31(38)39-2)26(29(36)30(34)37)28(35)23-9-4-6-10-24(23)32/h4-15,18,27,33H,3,16-17H2,1-2H3/p+1. The first-order valence-corrected chi connectivity index (χ1v) is 13.1. The van der Waals surface area contributed by atoms with E-state index in [0.717, 1.165) is 16.5 Å². The van der Waals surface area contributed by atoms with Gasteiger partial charge in [-0.25, -0.2) is 14.1 Å². The largest absolute Gasteiger partial charge is 0.507 e. The highest BCUT2D eigenvalue weighted by Crippen LogP contribution is 2.46. The minimum atomic E-state index is -0.803. The predicted molar refractivity (Wildman–Crippen MR) is 149 cm³/mol. The van der Waals surface area contributed by atoms with E-state index in [-0.39, 0.29) is 26.4 Å². The molecule has 2 N–H and O–H groups in total. The van der Waals surface area contributed by atoms with Gasteiger partial charge in [-0.1, -0.05) is 54.1 Å². The average Bonchev–Trinajstić information content (AvgIpc) is 3.48. The van der Waals surface area contributed by atoms with Gasteiger partial charge in [0.05, 0.1) is 30.8 Å². The fourth-order valence-electron chi connectivity index (χ4n) is 5.59. The van der Waals surface area contributed by atoms with E-state index in [0.29, 0.717) is 30.6 Å². The Labute approximate surface area is 230 Å². The molecule has 1 aliphatic heterocycles. The summed E-state index contributed by atoms with van der Waals surface area (Å²) in [5.74, 6) is -2.14. The number of amides is 1. The number of hydrogen-bond acceptors (Lipinski definition) is 5. The summed E-state index contributed by atoms with van der Waals surface area (Å²) >= 11 is 6.39. The number of hydrogen-bond donors (Lipinski definition) is 2. The Kier molecular flexibility index (Phi) is 7.12. The molecule has 198 valence electrons. The van der Waals surface area contributed by atoms with Gasteiger partial charge in [0.2, 0.25) is 0 Å². The van der Waals surface area contributed by atoms with Crippen LogP contribution in [0.2, 0.25) is 5.02 Å². The lowest BCUT2D eigenvalue weighted by Crippen LogP contribution is -2.52. The van der Waals surface area contributed by atoms with Crippen molar-refractivity contribution in [2.45, 2.75) is 19.4 Å². The molecule has 2 unspecified atom stereocenters. The van der Waals surface area contributed by atoms with Gasteiger partial charge in [0.1, 0.15) is 11.3 Å². The van der Waals surface area contributed by atoms with Crippen LogP contribution in [0.25, 0.3) is 16.7 Å². The Bertz CT molecular complexity index is 1620. The number of ether oxygens (including phenoxy) is 1. The SMILES string of the molecule is CC[N+]1(CCc2c[nH]c3ccccc23)C(=O)C(=O)C(=C(O)c2ccccc2Cl)C1c1ccc(C(=O)OC)cc1. The van der Waals surface area contributed by atoms with E-state index in [4.69, 9.17) is 16.3 Å². The van der Waals surface area contributed by atoms with Gasteiger partial charge in [-0.2, -0.15) is 0 Å². The third-order valence-electron chi connectivity index (χ3n) is 7.66. The van der Waals surface area contributed by atoms with Gasteiger partial charge in [0.25, 0.3) is 5.78 Å². The normalized spacial score (nSPS) is 20.4. The molecule has 39 heavy (non-hydrogen) atoms. The Balaban J connectivity index is 1.66. The van der Waals surface area contributed by atoms with E-state index < -0.39 is 23.7 Å². The van der Waals surface area contributed by atoms with Crippen molar-refractivity contribution in [3.63, 3.8) is 0 Å². The number of aliphatic hydroxyl groups is 1. The van der Waals surface area contributed by atoms with E-state index in [9.17, 15) is 19.5 Å². The molecule has 1 amide bonds. The summed E-state index contributed by atoms with van der Waals surface area (Å²) in [6, 6.07) is 20.4. The molecule has 0 aliphatic carbocycles. The van der Waals surface area contributed by atoms with E-state index in [2.05, 4.69) is 4.98 Å². The number of fused-ring (bicyclic) bond motifs is 1. The molecule has 1 fully saturated rings. The van der Waals surface area contributed by atoms with Crippen LogP contribution in [0.15, 0.2) is 84.6 Å². The van der Waals surface area contributed by atoms with Crippen LogP contribution in [0.3, 0.4) is 0 Å². The average molecular weight is 544 g/mol. The minimum Gasteiger partial charge on any atom is -0.507 e. The molecule has 1 aliphatic rings. The van der Waals surface area contributed by atoms with Crippen molar-refractivity contribution in [1.82, 2.24) is 4.98 Å². The molecule has 5 rings (SSSR count). The molecular weight excluding hydrogens is 516 g/mol. The van der Waals surface area contributed by atoms with Crippen LogP contribution < -0.4 is 0 Å². The lowest BCUT2D eigenvalue weighted by molar-refractivity contribution is -0.870. The zero-order chi connectivity index (χ0) is 27.7. The molecule has 2 atom stereocenters. The van der Waals surface area contributed by atoms with Crippen molar-refractivity contribution < 1.29 is 28.7 Å². The number of aromatic nitrogens is 1. The summed E-state index contributed by atoms with van der Waals surface area (Å²) in [5.41, 5.74) is 3.26. The number of aliphatic hydroxyl groups excluding tert-OH is 1. The number of quaternary nitrogens is 1. The Hall–Kier alpha value is -4.20. The second-order valence-corrected chi connectivity index (χ2v) is 9.98. The van der Waals surface area contributed by atoms with Crippen LogP contribution in [-0.4, -0.2) is 52.4 Å². The summed E-state index contributed by atoms with van der Waals surface area (Å²) in [5, 5.41) is 12.8. The van der Waals surface area contributed by atoms with Crippen LogP contribution in [0, 0.1) is 0 Å². The number of methoxy groups -OCH3 is 1. The van der Waals surface area contributed by atoms with Gasteiger partial charge in [-0.05, 0) is 42.8 Å². The maximum Gasteiger partial charge on any atom is 0.387 e. The maximum atomic E-state index is 13.9. The summed E-state index contributed by atoms with van der Waals surface area (Å²) in [6.45, 7) is 2.51. The van der Waals surface area contributed by atoms with E-state index in [1.807, 2.05) is 37.4 Å². The molecule has 3 aromatic carbocycles. The zero-order valence-corrected chi connectivity index (χ0v) is 22.4. The second-order valence-electron chi connectivity index (χ2n) is 9.58. The number of esters is 1. The molecule has 0 bridgehead atoms. The van der Waals surface area contributed by atoms with E-state index >= 15 is 0 Å². The number of carbonyl (C=O) groups excluding carboxylic acids is 3. The number of carbonyl (C=O) groups is 3. The van der Waals surface area contributed by atoms with Gasteiger partial charge in [0.15, 0.2) is 6.04 Å². The summed E-state index contributed by atoms with van der Waals surface area (Å²) in [6.07, 6.45) is 2.45. The molecule has 0 spiro atoms. The molecule has 0 radical (unpaired) electrons. The summed E-state index contributed by atoms with van der Waals surface area (Å²) < 4.78 is 4.62. The highest BCUT2D eigenvalue weighted by molar-refractivity contribution is 6.44. The van der Waals surface area contributed by atoms with Gasteiger partial charge < -0.3 is 14.8 Å². The molecule has 2 heterocycles. The van der Waals surface area contributed by atoms with Crippen molar-refractivity contribution in [3.05, 3.63) is 112 Å². The van der Waals surface area contributed by atoms with Gasteiger partial charge in [-0.15, -0.1) is 0 Å². The first kappa shape index (κ1) is 26.4. The third-order valence-corrected chi connectivity index (χ3v) is 7.99. The molecule has 4 aromatic rings. The van der Waals surface area contributed by atoms with Crippen molar-refractivity contribution in [2.24, 2.45) is 0 Å². The zero-order valence-electron chi connectivity index (χ0n) is 21.6. The molecule has 8 heteroatoms. The van der Waals surface area contributed by atoms with Crippen LogP contribution in [0.1, 0.15) is 40.0 Å². The topological polar surface area (TPSA) is 96.5 Å². The fraction of sp³-hybridized carbons (Fsp3) is 0.194. The number of likely N-dealkylation sites (N-methyl/N-ethyl adjacent to an activating group) is 1. The molecular formula is C31H28ClN2O5+. The van der Waals surface area contributed by atoms with E-state index in [1.165, 1.54) is 7.11 Å². The molecule has 1 saturated heterocycles. The molecule has 1 aromatic heterocycles.